The van der Waals surface area contributed by atoms with E-state index in [0.717, 1.165) is 18.8 Å². The van der Waals surface area contributed by atoms with Gasteiger partial charge in [0.25, 0.3) is 0 Å². The van der Waals surface area contributed by atoms with Crippen molar-refractivity contribution in [1.29, 1.82) is 0 Å². The molecule has 0 aliphatic heterocycles. The van der Waals surface area contributed by atoms with Crippen LogP contribution < -0.4 is 5.32 Å². The van der Waals surface area contributed by atoms with E-state index in [-0.39, 0.29) is 0 Å². The van der Waals surface area contributed by atoms with Crippen LogP contribution in [0.2, 0.25) is 0 Å². The Morgan fingerprint density at radius 2 is 1.86 bits per heavy atom. The molecule has 0 radical (unpaired) electrons. The van der Waals surface area contributed by atoms with Gasteiger partial charge in [-0.2, -0.15) is 0 Å². The predicted octanol–water partition coefficient (Wildman–Crippen LogP) is 3.99. The third kappa shape index (κ3) is 3.53. The molecule has 0 saturated heterocycles. The zero-order chi connectivity index (χ0) is 15.2. The van der Waals surface area contributed by atoms with E-state index in [9.17, 15) is 0 Å². The summed E-state index contributed by atoms with van der Waals surface area (Å²) in [5.41, 5.74) is 1.34. The lowest BCUT2D eigenvalue weighted by atomic mass is 9.90. The number of aromatic nitrogens is 2. The summed E-state index contributed by atoms with van der Waals surface area (Å²) in [7, 11) is 0. The maximum absolute atomic E-state index is 4.51. The van der Waals surface area contributed by atoms with Gasteiger partial charge in [-0.25, -0.2) is 4.98 Å². The van der Waals surface area contributed by atoms with E-state index < -0.39 is 0 Å². The van der Waals surface area contributed by atoms with E-state index in [2.05, 4.69) is 79.1 Å². The van der Waals surface area contributed by atoms with Crippen LogP contribution in [0.5, 0.6) is 0 Å². The average molecular weight is 285 g/mol. The lowest BCUT2D eigenvalue weighted by Gasteiger charge is -2.33. The van der Waals surface area contributed by atoms with Crippen LogP contribution in [0.4, 0.5) is 0 Å². The summed E-state index contributed by atoms with van der Waals surface area (Å²) in [6, 6.07) is 11.4. The number of nitrogens with zero attached hydrogens (tertiary/aromatic N) is 2. The van der Waals surface area contributed by atoms with E-state index in [1.165, 1.54) is 5.56 Å². The summed E-state index contributed by atoms with van der Waals surface area (Å²) >= 11 is 0. The number of likely N-dealkylation sites (N-methyl/N-ethyl adjacent to an activating group) is 1. The van der Waals surface area contributed by atoms with Gasteiger partial charge in [-0.1, -0.05) is 58.0 Å². The van der Waals surface area contributed by atoms with Gasteiger partial charge < -0.3 is 9.88 Å². The molecular weight excluding hydrogens is 258 g/mol. The summed E-state index contributed by atoms with van der Waals surface area (Å²) in [6.45, 7) is 9.87. The topological polar surface area (TPSA) is 29.9 Å². The van der Waals surface area contributed by atoms with Gasteiger partial charge in [-0.15, -0.1) is 0 Å². The van der Waals surface area contributed by atoms with Crippen molar-refractivity contribution in [3.63, 3.8) is 0 Å². The number of nitrogens with one attached hydrogen (secondary N) is 1. The van der Waals surface area contributed by atoms with Gasteiger partial charge >= 0.3 is 0 Å². The molecule has 2 unspecified atom stereocenters. The summed E-state index contributed by atoms with van der Waals surface area (Å²) < 4.78 is 2.35. The first-order valence-corrected chi connectivity index (χ1v) is 7.99. The third-order valence-corrected chi connectivity index (χ3v) is 3.99. The van der Waals surface area contributed by atoms with Crippen molar-refractivity contribution in [2.24, 2.45) is 5.92 Å². The minimum absolute atomic E-state index is 0.302. The number of hydrogen-bond acceptors (Lipinski definition) is 2. The van der Waals surface area contributed by atoms with Crippen molar-refractivity contribution in [2.45, 2.75) is 46.2 Å². The molecule has 1 aromatic heterocycles. The molecule has 114 valence electrons. The van der Waals surface area contributed by atoms with Crippen LogP contribution in [0.25, 0.3) is 0 Å². The molecule has 21 heavy (non-hydrogen) atoms. The molecule has 0 amide bonds. The zero-order valence-corrected chi connectivity index (χ0v) is 13.6. The highest BCUT2D eigenvalue weighted by atomic mass is 15.1. The van der Waals surface area contributed by atoms with Gasteiger partial charge in [-0.3, -0.25) is 0 Å². The third-order valence-electron chi connectivity index (χ3n) is 3.99. The van der Waals surface area contributed by atoms with Crippen molar-refractivity contribution in [2.75, 3.05) is 6.54 Å². The van der Waals surface area contributed by atoms with Gasteiger partial charge in [0.2, 0.25) is 0 Å². The van der Waals surface area contributed by atoms with Crippen molar-refractivity contribution in [3.05, 3.63) is 54.1 Å². The van der Waals surface area contributed by atoms with Gasteiger partial charge in [0.15, 0.2) is 0 Å². The summed E-state index contributed by atoms with van der Waals surface area (Å²) in [5.74, 6) is 1.68. The van der Waals surface area contributed by atoms with Gasteiger partial charge in [0.05, 0.1) is 12.1 Å². The Morgan fingerprint density at radius 1 is 1.14 bits per heavy atom. The van der Waals surface area contributed by atoms with Crippen LogP contribution in [0.3, 0.4) is 0 Å². The number of rotatable bonds is 7. The van der Waals surface area contributed by atoms with E-state index in [0.29, 0.717) is 18.0 Å². The number of hydrogen-bond donors (Lipinski definition) is 1. The summed E-state index contributed by atoms with van der Waals surface area (Å²) in [4.78, 5) is 4.51. The molecule has 2 atom stereocenters. The summed E-state index contributed by atoms with van der Waals surface area (Å²) in [6.07, 6.45) is 5.00. The Labute approximate surface area is 128 Å². The molecule has 3 heteroatoms. The SMILES string of the molecule is CCNC(c1ccccc1)C(C(C)C)n1ccnc1CC. The Kier molecular flexibility index (Phi) is 5.57. The second kappa shape index (κ2) is 7.41. The molecule has 0 fully saturated rings. The molecule has 2 aromatic rings. The molecule has 1 N–H and O–H groups in total. The smallest absolute Gasteiger partial charge is 0.108 e. The highest BCUT2D eigenvalue weighted by molar-refractivity contribution is 5.21. The average Bonchev–Trinajstić information content (AvgIpc) is 2.95. The van der Waals surface area contributed by atoms with Crippen LogP contribution >= 0.6 is 0 Å². The first-order valence-electron chi connectivity index (χ1n) is 7.99. The highest BCUT2D eigenvalue weighted by Crippen LogP contribution is 2.33. The fraction of sp³-hybridized carbons (Fsp3) is 0.500. The minimum Gasteiger partial charge on any atom is -0.330 e. The Bertz CT molecular complexity index is 530. The van der Waals surface area contributed by atoms with E-state index in [1.54, 1.807) is 0 Å². The van der Waals surface area contributed by atoms with Crippen LogP contribution in [-0.2, 0) is 6.42 Å². The lowest BCUT2D eigenvalue weighted by molar-refractivity contribution is 0.276. The van der Waals surface area contributed by atoms with Crippen molar-refractivity contribution in [3.8, 4) is 0 Å². The predicted molar refractivity (Wildman–Crippen MR) is 88.3 cm³/mol. The van der Waals surface area contributed by atoms with Crippen LogP contribution in [0, 0.1) is 5.92 Å². The maximum Gasteiger partial charge on any atom is 0.108 e. The molecule has 1 aromatic carbocycles. The number of imidazole rings is 1. The normalized spacial score (nSPS) is 14.3. The van der Waals surface area contributed by atoms with E-state index in [1.807, 2.05) is 6.20 Å². The monoisotopic (exact) mass is 285 g/mol. The number of benzene rings is 1. The quantitative estimate of drug-likeness (QED) is 0.833. The molecule has 0 saturated carbocycles. The largest absolute Gasteiger partial charge is 0.330 e. The van der Waals surface area contributed by atoms with E-state index >= 15 is 0 Å². The molecule has 0 bridgehead atoms. The standard InChI is InChI=1S/C18H27N3/c1-5-16-20-12-13-21(16)18(14(3)4)17(19-6-2)15-10-8-7-9-11-15/h7-14,17-19H,5-6H2,1-4H3. The van der Waals surface area contributed by atoms with Crippen LogP contribution in [0.1, 0.15) is 51.2 Å². The Morgan fingerprint density at radius 3 is 2.43 bits per heavy atom. The summed E-state index contributed by atoms with van der Waals surface area (Å²) in [5, 5.41) is 3.67. The van der Waals surface area contributed by atoms with Gasteiger partial charge in [-0.05, 0) is 18.0 Å². The molecule has 0 aliphatic carbocycles. The zero-order valence-electron chi connectivity index (χ0n) is 13.6. The molecular formula is C18H27N3. The van der Waals surface area contributed by atoms with Crippen molar-refractivity contribution < 1.29 is 0 Å². The van der Waals surface area contributed by atoms with Gasteiger partial charge in [0.1, 0.15) is 5.82 Å². The minimum atomic E-state index is 0.302. The first-order chi connectivity index (χ1) is 10.2. The fourth-order valence-corrected chi connectivity index (χ4v) is 3.07. The number of aryl methyl sites for hydroxylation is 1. The van der Waals surface area contributed by atoms with Gasteiger partial charge in [0, 0.05) is 18.8 Å². The molecule has 1 heterocycles. The first kappa shape index (κ1) is 15.8. The van der Waals surface area contributed by atoms with Crippen LogP contribution in [0.15, 0.2) is 42.7 Å². The van der Waals surface area contributed by atoms with Crippen LogP contribution in [-0.4, -0.2) is 16.1 Å². The Hall–Kier alpha value is -1.61. The maximum atomic E-state index is 4.51. The lowest BCUT2D eigenvalue weighted by Crippen LogP contribution is -2.33. The fourth-order valence-electron chi connectivity index (χ4n) is 3.07. The second-order valence-corrected chi connectivity index (χ2v) is 5.78. The van der Waals surface area contributed by atoms with Crippen molar-refractivity contribution >= 4 is 0 Å². The molecule has 0 spiro atoms. The highest BCUT2D eigenvalue weighted by Gasteiger charge is 2.28. The Balaban J connectivity index is 2.43. The van der Waals surface area contributed by atoms with Crippen molar-refractivity contribution in [1.82, 2.24) is 14.9 Å². The van der Waals surface area contributed by atoms with E-state index in [4.69, 9.17) is 0 Å². The molecule has 0 aliphatic rings. The molecule has 3 nitrogen and oxygen atoms in total. The second-order valence-electron chi connectivity index (χ2n) is 5.78. The molecule has 2 rings (SSSR count).